The van der Waals surface area contributed by atoms with Gasteiger partial charge in [-0.25, -0.2) is 0 Å². The molecular formula is C51H43BN2O. The first kappa shape index (κ1) is 32.4. The van der Waals surface area contributed by atoms with Crippen molar-refractivity contribution in [1.82, 2.24) is 0 Å². The van der Waals surface area contributed by atoms with E-state index in [2.05, 4.69) is 191 Å². The highest BCUT2D eigenvalue weighted by molar-refractivity contribution is 7.00. The number of nitrogens with zero attached hydrogens (tertiary/aromatic N) is 2. The second kappa shape index (κ2) is 11.3. The van der Waals surface area contributed by atoms with Gasteiger partial charge < -0.3 is 14.2 Å². The zero-order valence-electron chi connectivity index (χ0n) is 32.4. The molecule has 0 N–H and O–H groups in total. The molecule has 0 bridgehead atoms. The van der Waals surface area contributed by atoms with Gasteiger partial charge >= 0.3 is 0 Å². The average Bonchev–Trinajstić information content (AvgIpc) is 3.76. The minimum atomic E-state index is -0.0191. The maximum absolute atomic E-state index is 6.77. The van der Waals surface area contributed by atoms with E-state index >= 15 is 0 Å². The molecule has 1 aromatic heterocycles. The van der Waals surface area contributed by atoms with E-state index in [1.807, 2.05) is 0 Å². The first-order valence-corrected chi connectivity index (χ1v) is 19.7. The predicted octanol–water partition coefficient (Wildman–Crippen LogP) is 11.8. The zero-order chi connectivity index (χ0) is 37.4. The first-order chi connectivity index (χ1) is 26.6. The van der Waals surface area contributed by atoms with Crippen LogP contribution in [0.4, 0.5) is 34.1 Å². The van der Waals surface area contributed by atoms with E-state index in [1.165, 1.54) is 78.2 Å². The molecule has 0 amide bonds. The number of para-hydroxylation sites is 2. The largest absolute Gasteiger partial charge is 0.454 e. The van der Waals surface area contributed by atoms with Gasteiger partial charge in [-0.3, -0.25) is 0 Å². The molecule has 4 heteroatoms. The lowest BCUT2D eigenvalue weighted by Gasteiger charge is -2.45. The second-order valence-corrected chi connectivity index (χ2v) is 17.8. The Morgan fingerprint density at radius 3 is 1.75 bits per heavy atom. The van der Waals surface area contributed by atoms with Crippen molar-refractivity contribution in [1.29, 1.82) is 0 Å². The van der Waals surface area contributed by atoms with Crippen molar-refractivity contribution >= 4 is 79.2 Å². The lowest BCUT2D eigenvalue weighted by molar-refractivity contribution is 0.590. The Labute approximate surface area is 323 Å². The summed E-state index contributed by atoms with van der Waals surface area (Å²) in [4.78, 5) is 5.07. The molecule has 0 saturated carbocycles. The Morgan fingerprint density at radius 2 is 1.04 bits per heavy atom. The van der Waals surface area contributed by atoms with Gasteiger partial charge in [-0.2, -0.15) is 0 Å². The third kappa shape index (κ3) is 4.64. The Hall–Kier alpha value is -6.00. The van der Waals surface area contributed by atoms with Gasteiger partial charge in [-0.05, 0) is 103 Å². The van der Waals surface area contributed by atoms with Gasteiger partial charge in [-0.15, -0.1) is 0 Å². The molecule has 3 nitrogen and oxygen atoms in total. The molecule has 266 valence electrons. The maximum atomic E-state index is 6.77. The van der Waals surface area contributed by atoms with Gasteiger partial charge in [0.15, 0.2) is 5.58 Å². The van der Waals surface area contributed by atoms with Crippen LogP contribution in [-0.2, 0) is 17.3 Å². The quantitative estimate of drug-likeness (QED) is 0.167. The summed E-state index contributed by atoms with van der Waals surface area (Å²) < 4.78 is 6.77. The van der Waals surface area contributed by atoms with E-state index in [-0.39, 0.29) is 17.5 Å². The van der Waals surface area contributed by atoms with Gasteiger partial charge in [0.2, 0.25) is 0 Å². The van der Waals surface area contributed by atoms with Crippen LogP contribution in [0, 0.1) is 0 Å². The molecule has 0 fully saturated rings. The highest BCUT2D eigenvalue weighted by Gasteiger charge is 2.45. The Morgan fingerprint density at radius 1 is 0.491 bits per heavy atom. The van der Waals surface area contributed by atoms with Crippen LogP contribution in [0.15, 0.2) is 144 Å². The monoisotopic (exact) mass is 710 g/mol. The Balaban J connectivity index is 1.24. The SMILES string of the molecule is CC(C)(C)c1ccc2c(c1)B1c3cc(C(C)(C)C)ccc3N(c3cccc4c3oc3ccccc34)c3cccc(c31)N2c1cccc2c1Cc1ccccc1-2. The molecule has 55 heavy (non-hydrogen) atoms. The lowest BCUT2D eigenvalue weighted by atomic mass is 9.33. The summed E-state index contributed by atoms with van der Waals surface area (Å²) in [5, 5.41) is 2.27. The van der Waals surface area contributed by atoms with Crippen LogP contribution in [0.2, 0.25) is 0 Å². The lowest BCUT2D eigenvalue weighted by Crippen LogP contribution is -2.61. The van der Waals surface area contributed by atoms with E-state index in [9.17, 15) is 0 Å². The van der Waals surface area contributed by atoms with Crippen LogP contribution in [0.5, 0.6) is 0 Å². The van der Waals surface area contributed by atoms with Crippen molar-refractivity contribution in [2.24, 2.45) is 0 Å². The standard InChI is InChI=1S/C51H43BN2O/c1-50(2,3)32-24-26-42-39(29-32)52-40-30-33(51(4,5)6)25-27-43(40)54(46-22-12-18-37-36-16-9-10-23-47(36)55-49(37)46)45-21-13-20-44(48(45)52)53(42)41-19-11-17-35-34-15-8-7-14-31(34)28-38(35)41/h7-27,29-30H,28H2,1-6H3. The van der Waals surface area contributed by atoms with Crippen LogP contribution in [0.1, 0.15) is 63.8 Å². The van der Waals surface area contributed by atoms with Crippen LogP contribution >= 0.6 is 0 Å². The fourth-order valence-corrected chi connectivity index (χ4v) is 9.65. The smallest absolute Gasteiger partial charge is 0.252 e. The fourth-order valence-electron chi connectivity index (χ4n) is 9.65. The third-order valence-electron chi connectivity index (χ3n) is 12.4. The number of benzene rings is 7. The minimum absolute atomic E-state index is 0.0109. The van der Waals surface area contributed by atoms with Gasteiger partial charge in [-0.1, -0.05) is 139 Å². The summed E-state index contributed by atoms with van der Waals surface area (Å²) in [6, 6.07) is 52.3. The van der Waals surface area contributed by atoms with E-state index in [0.717, 1.165) is 34.0 Å². The molecule has 1 aliphatic carbocycles. The van der Waals surface area contributed by atoms with E-state index < -0.39 is 0 Å². The molecule has 0 spiro atoms. The number of furan rings is 1. The highest BCUT2D eigenvalue weighted by Crippen LogP contribution is 2.50. The molecule has 0 saturated heterocycles. The molecule has 11 rings (SSSR count). The molecule has 0 radical (unpaired) electrons. The van der Waals surface area contributed by atoms with Crippen LogP contribution in [0.3, 0.4) is 0 Å². The van der Waals surface area contributed by atoms with Crippen molar-refractivity contribution in [3.05, 3.63) is 162 Å². The van der Waals surface area contributed by atoms with Crippen molar-refractivity contribution in [3.63, 3.8) is 0 Å². The van der Waals surface area contributed by atoms with Crippen molar-refractivity contribution in [2.45, 2.75) is 58.8 Å². The normalized spacial score (nSPS) is 14.2. The summed E-state index contributed by atoms with van der Waals surface area (Å²) >= 11 is 0. The highest BCUT2D eigenvalue weighted by atomic mass is 16.3. The number of fused-ring (bicyclic) bond motifs is 10. The third-order valence-corrected chi connectivity index (χ3v) is 12.4. The summed E-state index contributed by atoms with van der Waals surface area (Å²) in [5.41, 5.74) is 21.2. The molecule has 0 atom stereocenters. The van der Waals surface area contributed by atoms with Gasteiger partial charge in [0.05, 0.1) is 11.4 Å². The Bertz CT molecular complexity index is 2900. The number of hydrogen-bond acceptors (Lipinski definition) is 3. The van der Waals surface area contributed by atoms with Crippen LogP contribution in [-0.4, -0.2) is 6.71 Å². The zero-order valence-corrected chi connectivity index (χ0v) is 32.4. The topological polar surface area (TPSA) is 19.6 Å². The number of rotatable bonds is 2. The predicted molar refractivity (Wildman–Crippen MR) is 233 cm³/mol. The van der Waals surface area contributed by atoms with Gasteiger partial charge in [0.1, 0.15) is 5.58 Å². The number of hydrogen-bond donors (Lipinski definition) is 0. The van der Waals surface area contributed by atoms with E-state index in [1.54, 1.807) is 0 Å². The minimum Gasteiger partial charge on any atom is -0.454 e. The fraction of sp³-hybridized carbons (Fsp3) is 0.176. The van der Waals surface area contributed by atoms with Gasteiger partial charge in [0.25, 0.3) is 6.71 Å². The number of anilines is 6. The summed E-state index contributed by atoms with van der Waals surface area (Å²) in [7, 11) is 0. The average molecular weight is 711 g/mol. The molecular weight excluding hydrogens is 667 g/mol. The van der Waals surface area contributed by atoms with Crippen molar-refractivity contribution in [3.8, 4) is 11.1 Å². The molecule has 3 aliphatic rings. The van der Waals surface area contributed by atoms with Crippen LogP contribution < -0.4 is 26.2 Å². The molecule has 3 heterocycles. The summed E-state index contributed by atoms with van der Waals surface area (Å²) in [6.45, 7) is 14.0. The van der Waals surface area contributed by atoms with Crippen molar-refractivity contribution in [2.75, 3.05) is 9.80 Å². The van der Waals surface area contributed by atoms with Crippen LogP contribution in [0.25, 0.3) is 33.1 Å². The van der Waals surface area contributed by atoms with E-state index in [0.29, 0.717) is 0 Å². The molecule has 8 aromatic rings. The molecule has 7 aromatic carbocycles. The second-order valence-electron chi connectivity index (χ2n) is 17.8. The molecule has 0 unspecified atom stereocenters. The molecule has 2 aliphatic heterocycles. The van der Waals surface area contributed by atoms with Gasteiger partial charge in [0, 0.05) is 39.9 Å². The summed E-state index contributed by atoms with van der Waals surface area (Å²) in [5.74, 6) is 0. The first-order valence-electron chi connectivity index (χ1n) is 19.7. The summed E-state index contributed by atoms with van der Waals surface area (Å²) in [6.07, 6.45) is 0.921. The van der Waals surface area contributed by atoms with Crippen molar-refractivity contribution < 1.29 is 4.42 Å². The maximum Gasteiger partial charge on any atom is 0.252 e. The Kier molecular flexibility index (Phi) is 6.65. The van der Waals surface area contributed by atoms with E-state index in [4.69, 9.17) is 4.42 Å².